The summed E-state index contributed by atoms with van der Waals surface area (Å²) in [6.45, 7) is 0.878. The van der Waals surface area contributed by atoms with Gasteiger partial charge < -0.3 is 14.6 Å². The maximum atomic E-state index is 12.8. The Kier molecular flexibility index (Phi) is 3.40. The second kappa shape index (κ2) is 5.47. The van der Waals surface area contributed by atoms with Crippen LogP contribution in [0.25, 0.3) is 5.69 Å². The standard InChI is InChI=1S/C18H19N3O3/c22-16(13-3-5-15(6-4-13)20-9-8-19-12-20)21-10-14-2-1-7-18(14,11-21)17(23)24/h3-6,8-9,12,14H,1-2,7,10-11H2,(H,23,24)/t14-,18+/m0/s1. The van der Waals surface area contributed by atoms with Crippen molar-refractivity contribution >= 4 is 11.9 Å². The highest BCUT2D eigenvalue weighted by atomic mass is 16.4. The molecule has 24 heavy (non-hydrogen) atoms. The van der Waals surface area contributed by atoms with Gasteiger partial charge in [0.2, 0.25) is 0 Å². The highest BCUT2D eigenvalue weighted by Gasteiger charge is 2.55. The third kappa shape index (κ3) is 2.21. The predicted octanol–water partition coefficient (Wildman–Crippen LogP) is 2.20. The first-order chi connectivity index (χ1) is 11.6. The number of rotatable bonds is 3. The lowest BCUT2D eigenvalue weighted by Crippen LogP contribution is -2.37. The van der Waals surface area contributed by atoms with Crippen LogP contribution in [0.15, 0.2) is 43.0 Å². The zero-order valence-electron chi connectivity index (χ0n) is 13.3. The fraction of sp³-hybridized carbons (Fsp3) is 0.389. The number of carboxylic acids is 1. The van der Waals surface area contributed by atoms with E-state index in [-0.39, 0.29) is 11.8 Å². The maximum Gasteiger partial charge on any atom is 0.311 e. The molecule has 0 spiro atoms. The third-order valence-corrected chi connectivity index (χ3v) is 5.50. The molecule has 0 bridgehead atoms. The summed E-state index contributed by atoms with van der Waals surface area (Å²) in [4.78, 5) is 30.2. The normalized spacial score (nSPS) is 25.7. The molecule has 6 nitrogen and oxygen atoms in total. The molecule has 1 amide bonds. The van der Waals surface area contributed by atoms with Crippen LogP contribution in [0.3, 0.4) is 0 Å². The van der Waals surface area contributed by atoms with Crippen LogP contribution in [0.4, 0.5) is 0 Å². The molecule has 6 heteroatoms. The first kappa shape index (κ1) is 14.9. The van der Waals surface area contributed by atoms with Gasteiger partial charge in [0.05, 0.1) is 11.7 Å². The van der Waals surface area contributed by atoms with E-state index in [1.807, 2.05) is 22.9 Å². The number of hydrogen-bond acceptors (Lipinski definition) is 3. The van der Waals surface area contributed by atoms with Gasteiger partial charge in [-0.05, 0) is 43.0 Å². The zero-order chi connectivity index (χ0) is 16.7. The smallest absolute Gasteiger partial charge is 0.311 e. The molecule has 2 aliphatic rings. The molecule has 1 aromatic heterocycles. The van der Waals surface area contributed by atoms with Crippen molar-refractivity contribution in [2.75, 3.05) is 13.1 Å². The van der Waals surface area contributed by atoms with Gasteiger partial charge in [0.1, 0.15) is 0 Å². The van der Waals surface area contributed by atoms with E-state index in [9.17, 15) is 14.7 Å². The van der Waals surface area contributed by atoms with Crippen LogP contribution in [-0.4, -0.2) is 44.5 Å². The van der Waals surface area contributed by atoms with Gasteiger partial charge in [-0.2, -0.15) is 0 Å². The number of amides is 1. The Morgan fingerprint density at radius 2 is 2.04 bits per heavy atom. The quantitative estimate of drug-likeness (QED) is 0.939. The molecule has 2 atom stereocenters. The van der Waals surface area contributed by atoms with Gasteiger partial charge in [-0.3, -0.25) is 9.59 Å². The summed E-state index contributed by atoms with van der Waals surface area (Å²) in [7, 11) is 0. The fourth-order valence-electron chi connectivity index (χ4n) is 4.16. The predicted molar refractivity (Wildman–Crippen MR) is 86.9 cm³/mol. The van der Waals surface area contributed by atoms with Crippen LogP contribution in [0.5, 0.6) is 0 Å². The van der Waals surface area contributed by atoms with E-state index in [0.29, 0.717) is 25.1 Å². The number of aliphatic carboxylic acids is 1. The Bertz CT molecular complexity index is 769. The minimum absolute atomic E-state index is 0.0813. The van der Waals surface area contributed by atoms with Crippen molar-refractivity contribution in [2.45, 2.75) is 19.3 Å². The molecule has 1 aliphatic heterocycles. The van der Waals surface area contributed by atoms with E-state index in [1.54, 1.807) is 29.6 Å². The summed E-state index contributed by atoms with van der Waals surface area (Å²) in [6.07, 6.45) is 7.77. The number of likely N-dealkylation sites (tertiary alicyclic amines) is 1. The van der Waals surface area contributed by atoms with Gasteiger partial charge in [-0.1, -0.05) is 6.42 Å². The number of aromatic nitrogens is 2. The fourth-order valence-corrected chi connectivity index (χ4v) is 4.16. The largest absolute Gasteiger partial charge is 0.481 e. The van der Waals surface area contributed by atoms with Crippen LogP contribution in [-0.2, 0) is 4.79 Å². The van der Waals surface area contributed by atoms with Crippen LogP contribution in [0, 0.1) is 11.3 Å². The lowest BCUT2D eigenvalue weighted by atomic mass is 9.81. The number of nitrogens with zero attached hydrogens (tertiary/aromatic N) is 3. The molecular formula is C18H19N3O3. The van der Waals surface area contributed by atoms with Gasteiger partial charge in [0, 0.05) is 36.7 Å². The second-order valence-corrected chi connectivity index (χ2v) is 6.75. The van der Waals surface area contributed by atoms with Crippen molar-refractivity contribution in [3.05, 3.63) is 48.5 Å². The van der Waals surface area contributed by atoms with E-state index >= 15 is 0 Å². The third-order valence-electron chi connectivity index (χ3n) is 5.50. The molecule has 4 rings (SSSR count). The van der Waals surface area contributed by atoms with Gasteiger partial charge in [-0.15, -0.1) is 0 Å². The summed E-state index contributed by atoms with van der Waals surface area (Å²) >= 11 is 0. The van der Waals surface area contributed by atoms with Gasteiger partial charge in [-0.25, -0.2) is 4.98 Å². The Morgan fingerprint density at radius 1 is 1.25 bits per heavy atom. The molecule has 124 valence electrons. The monoisotopic (exact) mass is 325 g/mol. The molecule has 0 radical (unpaired) electrons. The second-order valence-electron chi connectivity index (χ2n) is 6.75. The molecule has 1 N–H and O–H groups in total. The number of fused-ring (bicyclic) bond motifs is 1. The molecule has 1 aromatic carbocycles. The summed E-state index contributed by atoms with van der Waals surface area (Å²) < 4.78 is 1.87. The van der Waals surface area contributed by atoms with Crippen molar-refractivity contribution in [1.82, 2.24) is 14.5 Å². The number of carbonyl (C=O) groups excluding carboxylic acids is 1. The summed E-state index contributed by atoms with van der Waals surface area (Å²) in [5.74, 6) is -0.748. The highest BCUT2D eigenvalue weighted by molar-refractivity contribution is 5.95. The maximum absolute atomic E-state index is 12.8. The average molecular weight is 325 g/mol. The van der Waals surface area contributed by atoms with Gasteiger partial charge in [0.25, 0.3) is 5.91 Å². The highest BCUT2D eigenvalue weighted by Crippen LogP contribution is 2.49. The molecule has 1 aliphatic carbocycles. The first-order valence-electron chi connectivity index (χ1n) is 8.21. The lowest BCUT2D eigenvalue weighted by Gasteiger charge is -2.23. The lowest BCUT2D eigenvalue weighted by molar-refractivity contribution is -0.149. The molecule has 1 saturated carbocycles. The van der Waals surface area contributed by atoms with Crippen LogP contribution in [0.2, 0.25) is 0 Å². The molecule has 2 fully saturated rings. The Morgan fingerprint density at radius 3 is 2.67 bits per heavy atom. The Labute approximate surface area is 139 Å². The van der Waals surface area contributed by atoms with Crippen molar-refractivity contribution < 1.29 is 14.7 Å². The summed E-state index contributed by atoms with van der Waals surface area (Å²) in [6, 6.07) is 7.33. The van der Waals surface area contributed by atoms with E-state index in [0.717, 1.165) is 18.5 Å². The Hall–Kier alpha value is -2.63. The number of hydrogen-bond donors (Lipinski definition) is 1. The van der Waals surface area contributed by atoms with Gasteiger partial charge >= 0.3 is 5.97 Å². The van der Waals surface area contributed by atoms with Gasteiger partial charge in [0.15, 0.2) is 0 Å². The van der Waals surface area contributed by atoms with E-state index in [4.69, 9.17) is 0 Å². The molecule has 0 unspecified atom stereocenters. The van der Waals surface area contributed by atoms with E-state index in [1.165, 1.54) is 0 Å². The topological polar surface area (TPSA) is 75.4 Å². The number of benzene rings is 1. The average Bonchev–Trinajstić information content (AvgIpc) is 3.29. The minimum Gasteiger partial charge on any atom is -0.481 e. The van der Waals surface area contributed by atoms with Crippen molar-refractivity contribution in [3.63, 3.8) is 0 Å². The Balaban J connectivity index is 1.53. The van der Waals surface area contributed by atoms with Crippen LogP contribution in [0.1, 0.15) is 29.6 Å². The number of carboxylic acid groups (broad SMARTS) is 1. The van der Waals surface area contributed by atoms with Crippen molar-refractivity contribution in [3.8, 4) is 5.69 Å². The first-order valence-corrected chi connectivity index (χ1v) is 8.21. The SMILES string of the molecule is O=C(c1ccc(-n2ccnc2)cc1)N1C[C@@H]2CCC[C@@]2(C(=O)O)C1. The van der Waals surface area contributed by atoms with Crippen LogP contribution >= 0.6 is 0 Å². The number of carbonyl (C=O) groups is 2. The summed E-state index contributed by atoms with van der Waals surface area (Å²) in [5, 5.41) is 9.64. The number of imidazole rings is 1. The molecule has 2 aromatic rings. The zero-order valence-corrected chi connectivity index (χ0v) is 13.3. The minimum atomic E-state index is -0.754. The van der Waals surface area contributed by atoms with E-state index in [2.05, 4.69) is 4.98 Å². The van der Waals surface area contributed by atoms with Crippen LogP contribution < -0.4 is 0 Å². The van der Waals surface area contributed by atoms with Crippen molar-refractivity contribution in [2.24, 2.45) is 11.3 Å². The van der Waals surface area contributed by atoms with Crippen molar-refractivity contribution in [1.29, 1.82) is 0 Å². The molecule has 2 heterocycles. The summed E-state index contributed by atoms with van der Waals surface area (Å²) in [5.41, 5.74) is 0.801. The molecule has 1 saturated heterocycles. The van der Waals surface area contributed by atoms with E-state index < -0.39 is 11.4 Å². The molecular weight excluding hydrogens is 306 g/mol.